The summed E-state index contributed by atoms with van der Waals surface area (Å²) in [4.78, 5) is 12.3. The van der Waals surface area contributed by atoms with E-state index in [9.17, 15) is 17.6 Å². The number of rotatable bonds is 2. The van der Waals surface area contributed by atoms with Crippen molar-refractivity contribution in [3.8, 4) is 0 Å². The van der Waals surface area contributed by atoms with Crippen LogP contribution < -0.4 is 0 Å². The van der Waals surface area contributed by atoms with Crippen LogP contribution in [-0.2, 0) is 9.84 Å². The van der Waals surface area contributed by atoms with Crippen molar-refractivity contribution in [1.29, 1.82) is 0 Å². The van der Waals surface area contributed by atoms with Crippen LogP contribution in [0.1, 0.15) is 29.8 Å². The van der Waals surface area contributed by atoms with Gasteiger partial charge in [-0.3, -0.25) is 4.79 Å². The van der Waals surface area contributed by atoms with E-state index in [4.69, 9.17) is 4.42 Å². The van der Waals surface area contributed by atoms with E-state index >= 15 is 0 Å². The molecule has 0 radical (unpaired) electrons. The van der Waals surface area contributed by atoms with Crippen molar-refractivity contribution in [2.75, 3.05) is 5.75 Å². The molecule has 1 unspecified atom stereocenters. The summed E-state index contributed by atoms with van der Waals surface area (Å²) in [6.45, 7) is 0. The normalized spacial score (nSPS) is 21.9. The number of halogens is 1. The maximum Gasteiger partial charge on any atom is 0.216 e. The van der Waals surface area contributed by atoms with Crippen LogP contribution in [0.2, 0.25) is 0 Å². The quantitative estimate of drug-likeness (QED) is 0.799. The van der Waals surface area contributed by atoms with Gasteiger partial charge in [0.2, 0.25) is 5.78 Å². The molecule has 1 aliphatic rings. The number of carbonyl (C=O) groups excluding carboxylic acids is 1. The minimum atomic E-state index is -3.40. The predicted octanol–water partition coefficient (Wildman–Crippen LogP) is 2.72. The fourth-order valence-corrected chi connectivity index (χ4v) is 4.40. The topological polar surface area (TPSA) is 64.3 Å². The largest absolute Gasteiger partial charge is 0.453 e. The van der Waals surface area contributed by atoms with Crippen LogP contribution in [0.3, 0.4) is 0 Å². The number of carbonyl (C=O) groups is 1. The van der Waals surface area contributed by atoms with E-state index in [1.54, 1.807) is 0 Å². The first kappa shape index (κ1) is 13.3. The average molecular weight is 296 g/mol. The summed E-state index contributed by atoms with van der Waals surface area (Å²) in [6.07, 6.45) is 1.63. The number of furan rings is 1. The molecule has 0 spiro atoms. The summed E-state index contributed by atoms with van der Waals surface area (Å²) in [7, 11) is -3.40. The van der Waals surface area contributed by atoms with Gasteiger partial charge < -0.3 is 4.42 Å². The summed E-state index contributed by atoms with van der Waals surface area (Å²) in [6, 6.07) is 5.32. The monoisotopic (exact) mass is 296 g/mol. The van der Waals surface area contributed by atoms with Crippen molar-refractivity contribution in [3.05, 3.63) is 35.8 Å². The molecule has 4 nitrogen and oxygen atoms in total. The molecule has 0 aliphatic carbocycles. The fourth-order valence-electron chi connectivity index (χ4n) is 2.54. The first-order valence-corrected chi connectivity index (χ1v) is 8.14. The lowest BCUT2D eigenvalue weighted by Gasteiger charge is -2.19. The van der Waals surface area contributed by atoms with Gasteiger partial charge in [-0.15, -0.1) is 0 Å². The van der Waals surface area contributed by atoms with Gasteiger partial charge >= 0.3 is 0 Å². The lowest BCUT2D eigenvalue weighted by atomic mass is 10.1. The van der Waals surface area contributed by atoms with Gasteiger partial charge in [0.1, 0.15) is 16.7 Å². The van der Waals surface area contributed by atoms with Gasteiger partial charge in [-0.25, -0.2) is 12.8 Å². The predicted molar refractivity (Wildman–Crippen MR) is 71.9 cm³/mol. The summed E-state index contributed by atoms with van der Waals surface area (Å²) < 4.78 is 42.3. The van der Waals surface area contributed by atoms with E-state index in [0.29, 0.717) is 30.2 Å². The van der Waals surface area contributed by atoms with E-state index in [1.807, 2.05) is 0 Å². The Hall–Kier alpha value is -1.69. The fraction of sp³-hybridized carbons (Fsp3) is 0.357. The van der Waals surface area contributed by atoms with Gasteiger partial charge in [0.05, 0.1) is 5.75 Å². The first-order valence-electron chi connectivity index (χ1n) is 6.42. The second-order valence-electron chi connectivity index (χ2n) is 5.01. The Balaban J connectivity index is 2.00. The number of hydrogen-bond donors (Lipinski definition) is 0. The van der Waals surface area contributed by atoms with Crippen molar-refractivity contribution < 1.29 is 22.0 Å². The molecule has 0 N–H and O–H groups in total. The molecule has 2 heterocycles. The SMILES string of the molecule is O=C(c1cc2cc(F)ccc2o1)C1CCCCS1(=O)=O. The highest BCUT2D eigenvalue weighted by atomic mass is 32.2. The van der Waals surface area contributed by atoms with E-state index in [1.165, 1.54) is 24.3 Å². The Bertz CT molecular complexity index is 776. The number of fused-ring (bicyclic) bond motifs is 1. The van der Waals surface area contributed by atoms with Gasteiger partial charge in [-0.2, -0.15) is 0 Å². The smallest absolute Gasteiger partial charge is 0.216 e. The minimum absolute atomic E-state index is 0.0129. The molecule has 1 saturated heterocycles. The highest BCUT2D eigenvalue weighted by Crippen LogP contribution is 2.26. The highest BCUT2D eigenvalue weighted by Gasteiger charge is 2.36. The van der Waals surface area contributed by atoms with Crippen molar-refractivity contribution in [1.82, 2.24) is 0 Å². The second-order valence-corrected chi connectivity index (χ2v) is 7.31. The molecule has 3 rings (SSSR count). The molecule has 1 aliphatic heterocycles. The summed E-state index contributed by atoms with van der Waals surface area (Å²) >= 11 is 0. The van der Waals surface area contributed by atoms with Gasteiger partial charge in [-0.1, -0.05) is 6.42 Å². The Labute approximate surface area is 115 Å². The molecule has 0 amide bonds. The number of sulfone groups is 1. The molecule has 1 aromatic carbocycles. The molecule has 1 fully saturated rings. The Morgan fingerprint density at radius 1 is 1.25 bits per heavy atom. The number of ketones is 1. The van der Waals surface area contributed by atoms with Crippen LogP contribution in [0, 0.1) is 5.82 Å². The lowest BCUT2D eigenvalue weighted by Crippen LogP contribution is -2.35. The van der Waals surface area contributed by atoms with Crippen LogP contribution >= 0.6 is 0 Å². The Morgan fingerprint density at radius 2 is 2.05 bits per heavy atom. The molecule has 20 heavy (non-hydrogen) atoms. The van der Waals surface area contributed by atoms with Gasteiger partial charge in [0.25, 0.3) is 0 Å². The number of hydrogen-bond acceptors (Lipinski definition) is 4. The van der Waals surface area contributed by atoms with Gasteiger partial charge in [-0.05, 0) is 37.1 Å². The zero-order valence-corrected chi connectivity index (χ0v) is 11.5. The van der Waals surface area contributed by atoms with Crippen LogP contribution in [-0.4, -0.2) is 25.2 Å². The maximum atomic E-state index is 13.1. The van der Waals surface area contributed by atoms with Crippen LogP contribution in [0.5, 0.6) is 0 Å². The third-order valence-corrected chi connectivity index (χ3v) is 5.77. The second kappa shape index (κ2) is 4.70. The lowest BCUT2D eigenvalue weighted by molar-refractivity contribution is 0.0957. The zero-order valence-electron chi connectivity index (χ0n) is 10.6. The minimum Gasteiger partial charge on any atom is -0.453 e. The van der Waals surface area contributed by atoms with E-state index in [-0.39, 0.29) is 11.5 Å². The van der Waals surface area contributed by atoms with E-state index < -0.39 is 26.7 Å². The molecule has 0 saturated carbocycles. The average Bonchev–Trinajstić information content (AvgIpc) is 2.80. The molecule has 6 heteroatoms. The summed E-state index contributed by atoms with van der Waals surface area (Å²) in [5.41, 5.74) is 0.378. The first-order chi connectivity index (χ1) is 9.47. The third kappa shape index (κ3) is 2.24. The number of benzene rings is 1. The molecule has 106 valence electrons. The van der Waals surface area contributed by atoms with Crippen molar-refractivity contribution in [3.63, 3.8) is 0 Å². The van der Waals surface area contributed by atoms with Crippen molar-refractivity contribution >= 4 is 26.6 Å². The van der Waals surface area contributed by atoms with Crippen LogP contribution in [0.25, 0.3) is 11.0 Å². The van der Waals surface area contributed by atoms with Crippen molar-refractivity contribution in [2.24, 2.45) is 0 Å². The third-order valence-electron chi connectivity index (χ3n) is 3.59. The summed E-state index contributed by atoms with van der Waals surface area (Å²) in [5, 5.41) is -0.566. The summed E-state index contributed by atoms with van der Waals surface area (Å²) in [5.74, 6) is -0.928. The highest BCUT2D eigenvalue weighted by molar-refractivity contribution is 7.92. The molecular weight excluding hydrogens is 283 g/mol. The standard InChI is InChI=1S/C14H13FO4S/c15-10-4-5-11-9(7-10)8-12(19-11)14(16)13-3-1-2-6-20(13,17)18/h4-5,7-8,13H,1-3,6H2. The Kier molecular flexibility index (Phi) is 3.12. The maximum absolute atomic E-state index is 13.1. The molecule has 0 bridgehead atoms. The van der Waals surface area contributed by atoms with Crippen molar-refractivity contribution in [2.45, 2.75) is 24.5 Å². The Morgan fingerprint density at radius 3 is 2.80 bits per heavy atom. The van der Waals surface area contributed by atoms with Crippen LogP contribution in [0.4, 0.5) is 4.39 Å². The van der Waals surface area contributed by atoms with Gasteiger partial charge in [0.15, 0.2) is 15.6 Å². The molecule has 2 aromatic rings. The zero-order chi connectivity index (χ0) is 14.3. The number of Topliss-reactive ketones (excluding diaryl/α,β-unsaturated/α-hetero) is 1. The molecule has 1 aromatic heterocycles. The van der Waals surface area contributed by atoms with E-state index in [0.717, 1.165) is 0 Å². The van der Waals surface area contributed by atoms with E-state index in [2.05, 4.69) is 0 Å². The van der Waals surface area contributed by atoms with Gasteiger partial charge in [0, 0.05) is 5.39 Å². The van der Waals surface area contributed by atoms with Crippen LogP contribution in [0.15, 0.2) is 28.7 Å². The molecule has 1 atom stereocenters. The molecular formula is C14H13FO4S.